The van der Waals surface area contributed by atoms with Crippen LogP contribution < -0.4 is 4.90 Å². The molecule has 0 aliphatic heterocycles. The van der Waals surface area contributed by atoms with Gasteiger partial charge in [0.25, 0.3) is 0 Å². The zero-order valence-electron chi connectivity index (χ0n) is 11.3. The van der Waals surface area contributed by atoms with Crippen LogP contribution in [0.3, 0.4) is 0 Å². The smallest absolute Gasteiger partial charge is 0.335 e. The van der Waals surface area contributed by atoms with E-state index >= 15 is 0 Å². The lowest BCUT2D eigenvalue weighted by atomic mass is 10.1. The fourth-order valence-corrected chi connectivity index (χ4v) is 1.96. The van der Waals surface area contributed by atoms with Gasteiger partial charge in [0.05, 0.1) is 16.8 Å². The van der Waals surface area contributed by atoms with Crippen molar-refractivity contribution >= 4 is 17.3 Å². The first-order valence-electron chi connectivity index (χ1n) is 6.11. The van der Waals surface area contributed by atoms with E-state index in [1.54, 1.807) is 6.07 Å². The summed E-state index contributed by atoms with van der Waals surface area (Å²) >= 11 is 0. The number of benzene rings is 2. The van der Waals surface area contributed by atoms with Gasteiger partial charge < -0.3 is 10.0 Å². The van der Waals surface area contributed by atoms with Crippen molar-refractivity contribution in [2.45, 2.75) is 6.92 Å². The molecule has 0 atom stereocenters. The third-order valence-electron chi connectivity index (χ3n) is 3.15. The van der Waals surface area contributed by atoms with Gasteiger partial charge in [-0.05, 0) is 37.3 Å². The molecule has 0 unspecified atom stereocenters. The summed E-state index contributed by atoms with van der Waals surface area (Å²) in [7, 11) is 1.85. The zero-order chi connectivity index (χ0) is 14.7. The highest BCUT2D eigenvalue weighted by molar-refractivity contribution is 5.89. The molecule has 0 aromatic heterocycles. The minimum atomic E-state index is -1.04. The Morgan fingerprint density at radius 3 is 2.40 bits per heavy atom. The quantitative estimate of drug-likeness (QED) is 0.925. The molecule has 0 aliphatic rings. The van der Waals surface area contributed by atoms with Crippen molar-refractivity contribution in [2.24, 2.45) is 0 Å². The van der Waals surface area contributed by atoms with Crippen molar-refractivity contribution in [1.82, 2.24) is 0 Å². The van der Waals surface area contributed by atoms with Crippen LogP contribution >= 0.6 is 0 Å². The van der Waals surface area contributed by atoms with E-state index in [0.717, 1.165) is 11.3 Å². The first-order chi connectivity index (χ1) is 9.52. The maximum atomic E-state index is 10.9. The van der Waals surface area contributed by atoms with Crippen molar-refractivity contribution in [1.29, 1.82) is 5.26 Å². The van der Waals surface area contributed by atoms with Crippen LogP contribution in [0.5, 0.6) is 0 Å². The van der Waals surface area contributed by atoms with Crippen molar-refractivity contribution in [3.8, 4) is 6.07 Å². The van der Waals surface area contributed by atoms with Crippen LogP contribution in [0, 0.1) is 18.3 Å². The summed E-state index contributed by atoms with van der Waals surface area (Å²) in [4.78, 5) is 12.8. The molecule has 1 N–H and O–H groups in total. The highest BCUT2D eigenvalue weighted by Crippen LogP contribution is 2.27. The first kappa shape index (κ1) is 13.6. The van der Waals surface area contributed by atoms with E-state index in [2.05, 4.69) is 0 Å². The van der Waals surface area contributed by atoms with Gasteiger partial charge in [0.1, 0.15) is 6.07 Å². The predicted octanol–water partition coefficient (Wildman–Crippen LogP) is 3.33. The molecular weight excluding hydrogens is 252 g/mol. The molecule has 0 aliphatic carbocycles. The van der Waals surface area contributed by atoms with Gasteiger partial charge >= 0.3 is 5.97 Å². The Morgan fingerprint density at radius 2 is 1.85 bits per heavy atom. The molecule has 2 rings (SSSR count). The first-order valence-corrected chi connectivity index (χ1v) is 6.11. The Bertz CT molecular complexity index is 685. The molecular formula is C16H14N2O2. The highest BCUT2D eigenvalue weighted by atomic mass is 16.4. The maximum Gasteiger partial charge on any atom is 0.335 e. The molecule has 2 aromatic rings. The number of carbonyl (C=O) groups is 1. The minimum Gasteiger partial charge on any atom is -0.478 e. The fraction of sp³-hybridized carbons (Fsp3) is 0.125. The summed E-state index contributed by atoms with van der Waals surface area (Å²) in [5, 5.41) is 18.2. The monoisotopic (exact) mass is 266 g/mol. The van der Waals surface area contributed by atoms with E-state index in [4.69, 9.17) is 5.11 Å². The fourth-order valence-electron chi connectivity index (χ4n) is 1.96. The van der Waals surface area contributed by atoms with Gasteiger partial charge in [0.15, 0.2) is 0 Å². The third kappa shape index (κ3) is 2.62. The average Bonchev–Trinajstić information content (AvgIpc) is 2.46. The third-order valence-corrected chi connectivity index (χ3v) is 3.15. The molecule has 100 valence electrons. The van der Waals surface area contributed by atoms with E-state index in [0.29, 0.717) is 11.3 Å². The summed E-state index contributed by atoms with van der Waals surface area (Å²) in [5.74, 6) is -1.04. The van der Waals surface area contributed by atoms with E-state index in [9.17, 15) is 10.1 Å². The second-order valence-electron chi connectivity index (χ2n) is 4.54. The van der Waals surface area contributed by atoms with E-state index < -0.39 is 5.97 Å². The molecule has 4 heteroatoms. The van der Waals surface area contributed by atoms with Crippen molar-refractivity contribution < 1.29 is 9.90 Å². The second kappa shape index (κ2) is 5.45. The Kier molecular flexibility index (Phi) is 3.72. The molecule has 0 saturated heterocycles. The molecule has 0 amide bonds. The number of aromatic carboxylic acids is 1. The number of nitrogens with zero attached hydrogens (tertiary/aromatic N) is 2. The van der Waals surface area contributed by atoms with Gasteiger partial charge in [0.2, 0.25) is 0 Å². The molecule has 0 fully saturated rings. The van der Waals surface area contributed by atoms with Crippen LogP contribution in [0.15, 0.2) is 42.5 Å². The summed E-state index contributed by atoms with van der Waals surface area (Å²) in [5.41, 5.74) is 3.23. The normalized spacial score (nSPS) is 9.85. The van der Waals surface area contributed by atoms with Gasteiger partial charge in [-0.25, -0.2) is 4.79 Å². The zero-order valence-corrected chi connectivity index (χ0v) is 11.3. The Morgan fingerprint density at radius 1 is 1.20 bits per heavy atom. The van der Waals surface area contributed by atoms with Crippen molar-refractivity contribution in [2.75, 3.05) is 11.9 Å². The summed E-state index contributed by atoms with van der Waals surface area (Å²) in [6, 6.07) is 14.5. The average molecular weight is 266 g/mol. The SMILES string of the molecule is Cc1ccc(N(C)c2ccc(C(=O)O)cc2C#N)cc1. The lowest BCUT2D eigenvalue weighted by Gasteiger charge is -2.21. The maximum absolute atomic E-state index is 10.9. The lowest BCUT2D eigenvalue weighted by molar-refractivity contribution is 0.0697. The van der Waals surface area contributed by atoms with Gasteiger partial charge in [-0.3, -0.25) is 0 Å². The summed E-state index contributed by atoms with van der Waals surface area (Å²) < 4.78 is 0. The van der Waals surface area contributed by atoms with E-state index in [1.165, 1.54) is 12.1 Å². The van der Waals surface area contributed by atoms with Crippen LogP contribution in [0.2, 0.25) is 0 Å². The van der Waals surface area contributed by atoms with E-state index in [-0.39, 0.29) is 5.56 Å². The minimum absolute atomic E-state index is 0.114. The molecule has 0 radical (unpaired) electrons. The van der Waals surface area contributed by atoms with E-state index in [1.807, 2.05) is 49.2 Å². The number of hydrogen-bond acceptors (Lipinski definition) is 3. The lowest BCUT2D eigenvalue weighted by Crippen LogP contribution is -2.11. The predicted molar refractivity (Wildman–Crippen MR) is 77.4 cm³/mol. The van der Waals surface area contributed by atoms with Gasteiger partial charge in [-0.1, -0.05) is 17.7 Å². The van der Waals surface area contributed by atoms with Crippen LogP contribution in [0.25, 0.3) is 0 Å². The summed E-state index contributed by atoms with van der Waals surface area (Å²) in [6.45, 7) is 2.01. The topological polar surface area (TPSA) is 64.3 Å². The molecule has 0 bridgehead atoms. The van der Waals surface area contributed by atoms with Crippen LogP contribution in [-0.2, 0) is 0 Å². The second-order valence-corrected chi connectivity index (χ2v) is 4.54. The number of carboxylic acid groups (broad SMARTS) is 1. The van der Waals surface area contributed by atoms with Crippen LogP contribution in [0.1, 0.15) is 21.5 Å². The number of anilines is 2. The summed E-state index contributed by atoms with van der Waals surface area (Å²) in [6.07, 6.45) is 0. The molecule has 4 nitrogen and oxygen atoms in total. The van der Waals surface area contributed by atoms with Crippen molar-refractivity contribution in [3.63, 3.8) is 0 Å². The van der Waals surface area contributed by atoms with Crippen LogP contribution in [0.4, 0.5) is 11.4 Å². The molecule has 2 aromatic carbocycles. The number of hydrogen-bond donors (Lipinski definition) is 1. The Balaban J connectivity index is 2.44. The Labute approximate surface area is 117 Å². The number of aryl methyl sites for hydroxylation is 1. The number of rotatable bonds is 3. The number of carboxylic acids is 1. The molecule has 20 heavy (non-hydrogen) atoms. The number of nitriles is 1. The largest absolute Gasteiger partial charge is 0.478 e. The molecule has 0 spiro atoms. The van der Waals surface area contributed by atoms with Crippen molar-refractivity contribution in [3.05, 3.63) is 59.2 Å². The van der Waals surface area contributed by atoms with Gasteiger partial charge in [0, 0.05) is 12.7 Å². The van der Waals surface area contributed by atoms with Crippen LogP contribution in [-0.4, -0.2) is 18.1 Å². The highest BCUT2D eigenvalue weighted by Gasteiger charge is 2.12. The van der Waals surface area contributed by atoms with Gasteiger partial charge in [-0.2, -0.15) is 5.26 Å². The molecule has 0 heterocycles. The standard InChI is InChI=1S/C16H14N2O2/c1-11-3-6-14(7-4-11)18(2)15-8-5-12(16(19)20)9-13(15)10-17/h3-9H,1-2H3,(H,19,20). The Hall–Kier alpha value is -2.80. The molecule has 0 saturated carbocycles. The van der Waals surface area contributed by atoms with Gasteiger partial charge in [-0.15, -0.1) is 0 Å².